The molecule has 2 aliphatic heterocycles. The average molecular weight is 247 g/mol. The highest BCUT2D eigenvalue weighted by Gasteiger charge is 2.61. The first-order valence-electron chi connectivity index (χ1n) is 5.91. The van der Waals surface area contributed by atoms with E-state index in [1.54, 1.807) is 0 Å². The van der Waals surface area contributed by atoms with E-state index in [9.17, 15) is 15.3 Å². The van der Waals surface area contributed by atoms with Gasteiger partial charge in [-0.2, -0.15) is 0 Å². The highest BCUT2D eigenvalue weighted by atomic mass is 16.7. The molecule has 100 valence electrons. The molecule has 6 heteroatoms. The summed E-state index contributed by atoms with van der Waals surface area (Å²) in [5.74, 6) is -1.15. The first-order chi connectivity index (χ1) is 7.90. The van der Waals surface area contributed by atoms with Gasteiger partial charge in [0.2, 0.25) is 0 Å². The summed E-state index contributed by atoms with van der Waals surface area (Å²) in [5.41, 5.74) is -1.33. The number of aliphatic hydroxyl groups is 3. The molecule has 1 aliphatic carbocycles. The normalized spacial score (nSPS) is 45.5. The number of hydrogen-bond donors (Lipinski definition) is 3. The van der Waals surface area contributed by atoms with Crippen molar-refractivity contribution < 1.29 is 24.8 Å². The summed E-state index contributed by atoms with van der Waals surface area (Å²) in [6.45, 7) is 1.13. The Hall–Kier alpha value is -0.240. The molecule has 0 amide bonds. The molecule has 4 unspecified atom stereocenters. The molecule has 3 aliphatic rings. The molecule has 2 saturated heterocycles. The molecule has 0 aromatic rings. The van der Waals surface area contributed by atoms with Crippen LogP contribution in [-0.2, 0) is 9.47 Å². The van der Waals surface area contributed by atoms with Crippen molar-refractivity contribution >= 4 is 0 Å². The zero-order valence-electron chi connectivity index (χ0n) is 10.3. The van der Waals surface area contributed by atoms with Gasteiger partial charge in [0, 0.05) is 13.0 Å². The largest absolute Gasteiger partial charge is 0.387 e. The monoisotopic (exact) mass is 247 g/mol. The maximum absolute atomic E-state index is 9.99. The third-order valence-electron chi connectivity index (χ3n) is 3.66. The van der Waals surface area contributed by atoms with Gasteiger partial charge in [-0.15, -0.1) is 0 Å². The summed E-state index contributed by atoms with van der Waals surface area (Å²) in [7, 11) is 3.85. The van der Waals surface area contributed by atoms with Crippen LogP contribution in [0.1, 0.15) is 12.8 Å². The third-order valence-corrected chi connectivity index (χ3v) is 3.66. The van der Waals surface area contributed by atoms with Crippen LogP contribution in [-0.4, -0.2) is 77.7 Å². The Morgan fingerprint density at radius 2 is 2.00 bits per heavy atom. The van der Waals surface area contributed by atoms with Crippen molar-refractivity contribution in [2.75, 3.05) is 33.9 Å². The van der Waals surface area contributed by atoms with Crippen molar-refractivity contribution in [2.45, 2.75) is 36.4 Å². The number of rotatable bonds is 4. The Labute approximate surface area is 101 Å². The lowest BCUT2D eigenvalue weighted by molar-refractivity contribution is -0.390. The predicted octanol–water partition coefficient (Wildman–Crippen LogP) is -1.46. The van der Waals surface area contributed by atoms with Gasteiger partial charge in [-0.05, 0) is 20.5 Å². The van der Waals surface area contributed by atoms with Crippen LogP contribution in [0.2, 0.25) is 0 Å². The molecule has 2 bridgehead atoms. The van der Waals surface area contributed by atoms with Crippen LogP contribution in [0, 0.1) is 0 Å². The van der Waals surface area contributed by atoms with E-state index in [0.717, 1.165) is 0 Å². The molecule has 3 N–H and O–H groups in total. The minimum absolute atomic E-state index is 0.00713. The molecule has 3 fully saturated rings. The summed E-state index contributed by atoms with van der Waals surface area (Å²) in [4.78, 5) is 1.96. The average Bonchev–Trinajstić information content (AvgIpc) is 2.28. The summed E-state index contributed by atoms with van der Waals surface area (Å²) in [6, 6.07) is 0. The van der Waals surface area contributed by atoms with Crippen molar-refractivity contribution in [1.29, 1.82) is 0 Å². The fraction of sp³-hybridized carbons (Fsp3) is 1.00. The summed E-state index contributed by atoms with van der Waals surface area (Å²) < 4.78 is 11.0. The van der Waals surface area contributed by atoms with E-state index in [4.69, 9.17) is 9.47 Å². The summed E-state index contributed by atoms with van der Waals surface area (Å²) in [5, 5.41) is 29.8. The predicted molar refractivity (Wildman–Crippen MR) is 59.4 cm³/mol. The Balaban J connectivity index is 2.00. The van der Waals surface area contributed by atoms with E-state index in [1.165, 1.54) is 0 Å². The second-order valence-corrected chi connectivity index (χ2v) is 5.25. The lowest BCUT2D eigenvalue weighted by Crippen LogP contribution is -2.72. The van der Waals surface area contributed by atoms with Crippen LogP contribution >= 0.6 is 0 Å². The number of ether oxygens (including phenoxy) is 2. The molecule has 1 saturated carbocycles. The van der Waals surface area contributed by atoms with Crippen LogP contribution < -0.4 is 0 Å². The number of fused-ring (bicyclic) bond motifs is 3. The topological polar surface area (TPSA) is 82.4 Å². The standard InChI is InChI=1S/C11H21NO5/c1-12(2)5-6-16-11-4-3-10(15,7-17-11)8(13)9(11)14/h8-9,13-15H,3-7H2,1-2H3. The fourth-order valence-electron chi connectivity index (χ4n) is 2.38. The smallest absolute Gasteiger partial charge is 0.197 e. The van der Waals surface area contributed by atoms with Gasteiger partial charge in [0.25, 0.3) is 0 Å². The molecule has 0 spiro atoms. The Morgan fingerprint density at radius 1 is 1.29 bits per heavy atom. The van der Waals surface area contributed by atoms with E-state index >= 15 is 0 Å². The first kappa shape index (κ1) is 13.2. The van der Waals surface area contributed by atoms with Gasteiger partial charge in [-0.1, -0.05) is 0 Å². The van der Waals surface area contributed by atoms with Crippen LogP contribution in [0.25, 0.3) is 0 Å². The van der Waals surface area contributed by atoms with E-state index in [2.05, 4.69) is 0 Å². The zero-order chi connectivity index (χ0) is 12.7. The van der Waals surface area contributed by atoms with Crippen LogP contribution in [0.4, 0.5) is 0 Å². The molecule has 2 heterocycles. The highest BCUT2D eigenvalue weighted by molar-refractivity contribution is 5.07. The Bertz CT molecular complexity index is 275. The highest BCUT2D eigenvalue weighted by Crippen LogP contribution is 2.44. The Kier molecular flexibility index (Phi) is 3.46. The van der Waals surface area contributed by atoms with Gasteiger partial charge >= 0.3 is 0 Å². The van der Waals surface area contributed by atoms with Crippen LogP contribution in [0.3, 0.4) is 0 Å². The molecular weight excluding hydrogens is 226 g/mol. The Morgan fingerprint density at radius 3 is 2.53 bits per heavy atom. The van der Waals surface area contributed by atoms with Crippen molar-refractivity contribution in [2.24, 2.45) is 0 Å². The first-order valence-corrected chi connectivity index (χ1v) is 5.91. The van der Waals surface area contributed by atoms with Crippen LogP contribution in [0.15, 0.2) is 0 Å². The van der Waals surface area contributed by atoms with Gasteiger partial charge in [0.1, 0.15) is 17.8 Å². The fourth-order valence-corrected chi connectivity index (χ4v) is 2.38. The number of likely N-dealkylation sites (N-methyl/N-ethyl adjacent to an activating group) is 1. The third kappa shape index (κ3) is 2.21. The van der Waals surface area contributed by atoms with Crippen molar-refractivity contribution in [3.63, 3.8) is 0 Å². The van der Waals surface area contributed by atoms with Gasteiger partial charge in [0.05, 0.1) is 13.2 Å². The van der Waals surface area contributed by atoms with E-state index in [0.29, 0.717) is 26.0 Å². The van der Waals surface area contributed by atoms with E-state index in [1.807, 2.05) is 19.0 Å². The second kappa shape index (κ2) is 4.46. The zero-order valence-corrected chi connectivity index (χ0v) is 10.3. The van der Waals surface area contributed by atoms with Gasteiger partial charge in [-0.25, -0.2) is 0 Å². The van der Waals surface area contributed by atoms with Crippen molar-refractivity contribution in [1.82, 2.24) is 4.90 Å². The van der Waals surface area contributed by atoms with Gasteiger partial charge < -0.3 is 29.7 Å². The molecule has 17 heavy (non-hydrogen) atoms. The van der Waals surface area contributed by atoms with Crippen LogP contribution in [0.5, 0.6) is 0 Å². The lowest BCUT2D eigenvalue weighted by Gasteiger charge is -2.55. The molecule has 0 aromatic carbocycles. The summed E-state index contributed by atoms with van der Waals surface area (Å²) >= 11 is 0. The minimum Gasteiger partial charge on any atom is -0.387 e. The quantitative estimate of drug-likeness (QED) is 0.563. The SMILES string of the molecule is CN(C)CCOC12CCC(O)(CO1)C(O)C2O. The van der Waals surface area contributed by atoms with E-state index < -0.39 is 23.6 Å². The molecule has 0 aromatic heterocycles. The maximum atomic E-state index is 9.99. The number of nitrogens with zero attached hydrogens (tertiary/aromatic N) is 1. The molecule has 0 radical (unpaired) electrons. The van der Waals surface area contributed by atoms with Gasteiger partial charge in [0.15, 0.2) is 5.79 Å². The molecular formula is C11H21NO5. The minimum atomic E-state index is -1.33. The number of aliphatic hydroxyl groups excluding tert-OH is 2. The molecule has 3 rings (SSSR count). The van der Waals surface area contributed by atoms with Crippen molar-refractivity contribution in [3.05, 3.63) is 0 Å². The van der Waals surface area contributed by atoms with Crippen molar-refractivity contribution in [3.8, 4) is 0 Å². The second-order valence-electron chi connectivity index (χ2n) is 5.25. The van der Waals surface area contributed by atoms with E-state index in [-0.39, 0.29) is 6.61 Å². The molecule has 4 atom stereocenters. The maximum Gasteiger partial charge on any atom is 0.197 e. The number of hydrogen-bond acceptors (Lipinski definition) is 6. The lowest BCUT2D eigenvalue weighted by atomic mass is 9.74. The molecule has 6 nitrogen and oxygen atoms in total. The summed E-state index contributed by atoms with van der Waals surface area (Å²) in [6.07, 6.45) is -1.62. The van der Waals surface area contributed by atoms with Gasteiger partial charge in [-0.3, -0.25) is 0 Å².